The zero-order valence-electron chi connectivity index (χ0n) is 8.84. The average molecular weight is 193 g/mol. The van der Waals surface area contributed by atoms with E-state index < -0.39 is 0 Å². The van der Waals surface area contributed by atoms with Gasteiger partial charge in [0.25, 0.3) is 0 Å². The van der Waals surface area contributed by atoms with Crippen LogP contribution in [0.5, 0.6) is 0 Å². The smallest absolute Gasteiger partial charge is 0.200 e. The van der Waals surface area contributed by atoms with Crippen molar-refractivity contribution >= 4 is 5.95 Å². The molecule has 1 aliphatic rings. The summed E-state index contributed by atoms with van der Waals surface area (Å²) >= 11 is 0. The van der Waals surface area contributed by atoms with Crippen molar-refractivity contribution in [3.63, 3.8) is 0 Å². The van der Waals surface area contributed by atoms with Crippen molar-refractivity contribution in [1.29, 1.82) is 0 Å². The van der Waals surface area contributed by atoms with Crippen LogP contribution in [0, 0.1) is 12.8 Å². The van der Waals surface area contributed by atoms with Gasteiger partial charge in [-0.05, 0) is 25.7 Å². The largest absolute Gasteiger partial charge is 0.356 e. The van der Waals surface area contributed by atoms with Crippen LogP contribution >= 0.6 is 0 Å². The first-order chi connectivity index (χ1) is 6.84. The second kappa shape index (κ2) is 4.49. The van der Waals surface area contributed by atoms with E-state index in [4.69, 9.17) is 0 Å². The normalized spacial score (nSPS) is 18.4. The summed E-state index contributed by atoms with van der Waals surface area (Å²) in [5.74, 6) is 1.78. The molecule has 1 aromatic heterocycles. The SMILES string of the molecule is Cc1cnc(NCC2CCCCC2)[nH]1. The molecule has 0 aliphatic heterocycles. The number of aromatic nitrogens is 2. The van der Waals surface area contributed by atoms with Gasteiger partial charge in [0.1, 0.15) is 0 Å². The maximum absolute atomic E-state index is 4.23. The number of hydrogen-bond acceptors (Lipinski definition) is 2. The summed E-state index contributed by atoms with van der Waals surface area (Å²) in [6.45, 7) is 3.10. The van der Waals surface area contributed by atoms with Gasteiger partial charge in [-0.1, -0.05) is 19.3 Å². The van der Waals surface area contributed by atoms with Crippen LogP contribution in [0.1, 0.15) is 37.8 Å². The number of imidazole rings is 1. The minimum atomic E-state index is 0.856. The molecule has 0 saturated heterocycles. The van der Waals surface area contributed by atoms with Gasteiger partial charge >= 0.3 is 0 Å². The first-order valence-electron chi connectivity index (χ1n) is 5.60. The Kier molecular flexibility index (Phi) is 3.07. The molecule has 0 bridgehead atoms. The van der Waals surface area contributed by atoms with E-state index in [1.54, 1.807) is 0 Å². The standard InChI is InChI=1S/C11H19N3/c1-9-7-12-11(14-9)13-8-10-5-3-2-4-6-10/h7,10H,2-6,8H2,1H3,(H2,12,13,14). The van der Waals surface area contributed by atoms with Crippen LogP contribution in [0.25, 0.3) is 0 Å². The number of nitrogens with one attached hydrogen (secondary N) is 2. The Balaban J connectivity index is 1.76. The summed E-state index contributed by atoms with van der Waals surface area (Å²) in [4.78, 5) is 7.43. The van der Waals surface area contributed by atoms with Crippen molar-refractivity contribution in [2.24, 2.45) is 5.92 Å². The quantitative estimate of drug-likeness (QED) is 0.775. The fraction of sp³-hybridized carbons (Fsp3) is 0.727. The van der Waals surface area contributed by atoms with Gasteiger partial charge in [0.05, 0.1) is 0 Å². The van der Waals surface area contributed by atoms with Crippen molar-refractivity contribution in [2.45, 2.75) is 39.0 Å². The molecule has 2 N–H and O–H groups in total. The molecule has 0 aromatic carbocycles. The molecule has 1 aliphatic carbocycles. The maximum atomic E-state index is 4.23. The molecule has 3 heteroatoms. The molecule has 14 heavy (non-hydrogen) atoms. The van der Waals surface area contributed by atoms with E-state index in [9.17, 15) is 0 Å². The summed E-state index contributed by atoms with van der Waals surface area (Å²) in [5.41, 5.74) is 1.12. The third-order valence-electron chi connectivity index (χ3n) is 2.99. The van der Waals surface area contributed by atoms with Gasteiger partial charge in [-0.15, -0.1) is 0 Å². The summed E-state index contributed by atoms with van der Waals surface area (Å²) in [6, 6.07) is 0. The van der Waals surface area contributed by atoms with Gasteiger partial charge in [-0.25, -0.2) is 4.98 Å². The molecule has 0 radical (unpaired) electrons. The predicted molar refractivity (Wildman–Crippen MR) is 58.4 cm³/mol. The highest BCUT2D eigenvalue weighted by molar-refractivity contribution is 5.25. The molecule has 1 aromatic rings. The number of rotatable bonds is 3. The van der Waals surface area contributed by atoms with Gasteiger partial charge in [-0.3, -0.25) is 0 Å². The van der Waals surface area contributed by atoms with Crippen molar-refractivity contribution in [1.82, 2.24) is 9.97 Å². The lowest BCUT2D eigenvalue weighted by molar-refractivity contribution is 0.373. The van der Waals surface area contributed by atoms with Crippen molar-refractivity contribution in [3.8, 4) is 0 Å². The first kappa shape index (κ1) is 9.56. The second-order valence-electron chi connectivity index (χ2n) is 4.30. The fourth-order valence-corrected chi connectivity index (χ4v) is 2.13. The third kappa shape index (κ3) is 2.50. The van der Waals surface area contributed by atoms with Gasteiger partial charge in [-0.2, -0.15) is 0 Å². The summed E-state index contributed by atoms with van der Waals surface area (Å²) < 4.78 is 0. The lowest BCUT2D eigenvalue weighted by Gasteiger charge is -2.21. The van der Waals surface area contributed by atoms with E-state index in [0.717, 1.165) is 24.1 Å². The van der Waals surface area contributed by atoms with E-state index in [0.29, 0.717) is 0 Å². The summed E-state index contributed by atoms with van der Waals surface area (Å²) in [5, 5.41) is 3.37. The van der Waals surface area contributed by atoms with E-state index in [1.807, 2.05) is 13.1 Å². The molecule has 1 heterocycles. The van der Waals surface area contributed by atoms with Gasteiger partial charge in [0.15, 0.2) is 5.95 Å². The molecule has 3 nitrogen and oxygen atoms in total. The van der Waals surface area contributed by atoms with Crippen LogP contribution in [-0.4, -0.2) is 16.5 Å². The lowest BCUT2D eigenvalue weighted by atomic mass is 9.89. The highest BCUT2D eigenvalue weighted by atomic mass is 15.1. The number of aromatic amines is 1. The number of hydrogen-bond donors (Lipinski definition) is 2. The molecule has 0 unspecified atom stereocenters. The van der Waals surface area contributed by atoms with Crippen LogP contribution in [0.4, 0.5) is 5.95 Å². The average Bonchev–Trinajstić information content (AvgIpc) is 2.63. The zero-order valence-corrected chi connectivity index (χ0v) is 8.84. The Morgan fingerprint density at radius 2 is 2.21 bits per heavy atom. The molecule has 0 amide bonds. The molecule has 2 rings (SSSR count). The Bertz CT molecular complexity index is 274. The number of anilines is 1. The first-order valence-corrected chi connectivity index (χ1v) is 5.60. The Hall–Kier alpha value is -0.990. The van der Waals surface area contributed by atoms with Gasteiger partial charge in [0.2, 0.25) is 0 Å². The maximum Gasteiger partial charge on any atom is 0.200 e. The highest BCUT2D eigenvalue weighted by Gasteiger charge is 2.13. The van der Waals surface area contributed by atoms with Crippen LogP contribution in [-0.2, 0) is 0 Å². The van der Waals surface area contributed by atoms with Crippen LogP contribution in [0.15, 0.2) is 6.20 Å². The predicted octanol–water partition coefficient (Wildman–Crippen LogP) is 2.71. The van der Waals surface area contributed by atoms with E-state index in [-0.39, 0.29) is 0 Å². The van der Waals surface area contributed by atoms with Crippen molar-refractivity contribution in [3.05, 3.63) is 11.9 Å². The van der Waals surface area contributed by atoms with E-state index >= 15 is 0 Å². The summed E-state index contributed by atoms with van der Waals surface area (Å²) in [6.07, 6.45) is 8.87. The Morgan fingerprint density at radius 1 is 1.43 bits per heavy atom. The molecule has 0 spiro atoms. The molecule has 1 fully saturated rings. The van der Waals surface area contributed by atoms with Crippen molar-refractivity contribution < 1.29 is 0 Å². The van der Waals surface area contributed by atoms with E-state index in [1.165, 1.54) is 32.1 Å². The monoisotopic (exact) mass is 193 g/mol. The Morgan fingerprint density at radius 3 is 2.86 bits per heavy atom. The van der Waals surface area contributed by atoms with Crippen LogP contribution in [0.3, 0.4) is 0 Å². The number of aryl methyl sites for hydroxylation is 1. The molecular weight excluding hydrogens is 174 g/mol. The minimum Gasteiger partial charge on any atom is -0.356 e. The van der Waals surface area contributed by atoms with Gasteiger partial charge in [0, 0.05) is 18.4 Å². The summed E-state index contributed by atoms with van der Waals surface area (Å²) in [7, 11) is 0. The van der Waals surface area contributed by atoms with E-state index in [2.05, 4.69) is 15.3 Å². The molecule has 0 atom stereocenters. The number of nitrogens with zero attached hydrogens (tertiary/aromatic N) is 1. The third-order valence-corrected chi connectivity index (χ3v) is 2.99. The van der Waals surface area contributed by atoms with Crippen molar-refractivity contribution in [2.75, 3.05) is 11.9 Å². The number of H-pyrrole nitrogens is 1. The second-order valence-corrected chi connectivity index (χ2v) is 4.30. The topological polar surface area (TPSA) is 40.7 Å². The minimum absolute atomic E-state index is 0.856. The van der Waals surface area contributed by atoms with Gasteiger partial charge < -0.3 is 10.3 Å². The lowest BCUT2D eigenvalue weighted by Crippen LogP contribution is -2.17. The molecular formula is C11H19N3. The molecule has 1 saturated carbocycles. The van der Waals surface area contributed by atoms with Crippen LogP contribution < -0.4 is 5.32 Å². The highest BCUT2D eigenvalue weighted by Crippen LogP contribution is 2.23. The fourth-order valence-electron chi connectivity index (χ4n) is 2.13. The zero-order chi connectivity index (χ0) is 9.80. The van der Waals surface area contributed by atoms with Crippen LogP contribution in [0.2, 0.25) is 0 Å². The Labute approximate surface area is 85.3 Å². The molecule has 78 valence electrons.